The summed E-state index contributed by atoms with van der Waals surface area (Å²) in [6.45, 7) is 6.63. The molecule has 7 nitrogen and oxygen atoms in total. The van der Waals surface area contributed by atoms with Gasteiger partial charge in [0.2, 0.25) is 0 Å². The van der Waals surface area contributed by atoms with Crippen molar-refractivity contribution in [2.45, 2.75) is 32.7 Å². The number of hydrogen-bond donors (Lipinski definition) is 1. The van der Waals surface area contributed by atoms with Gasteiger partial charge in [-0.25, -0.2) is 14.6 Å². The lowest BCUT2D eigenvalue weighted by atomic mass is 10.2. The average Bonchev–Trinajstić information content (AvgIpc) is 3.13. The van der Waals surface area contributed by atoms with Gasteiger partial charge in [0, 0.05) is 44.7 Å². The van der Waals surface area contributed by atoms with Gasteiger partial charge >= 0.3 is 0 Å². The van der Waals surface area contributed by atoms with Crippen molar-refractivity contribution >= 4 is 16.9 Å². The van der Waals surface area contributed by atoms with Crippen LogP contribution in [0.15, 0.2) is 60.8 Å². The molecule has 1 aliphatic rings. The Kier molecular flexibility index (Phi) is 6.21. The van der Waals surface area contributed by atoms with Crippen molar-refractivity contribution in [3.63, 3.8) is 0 Å². The molecular weight excluding hydrogens is 412 g/mol. The first-order valence-electron chi connectivity index (χ1n) is 11.8. The van der Waals surface area contributed by atoms with Gasteiger partial charge in [-0.3, -0.25) is 4.90 Å². The second-order valence-electron chi connectivity index (χ2n) is 8.59. The van der Waals surface area contributed by atoms with Crippen LogP contribution in [-0.2, 0) is 13.0 Å². The summed E-state index contributed by atoms with van der Waals surface area (Å²) >= 11 is 0. The lowest BCUT2D eigenvalue weighted by Crippen LogP contribution is -2.31. The summed E-state index contributed by atoms with van der Waals surface area (Å²) in [7, 11) is 0. The topological polar surface area (TPSA) is 70.3 Å². The van der Waals surface area contributed by atoms with Crippen molar-refractivity contribution in [3.8, 4) is 11.4 Å². The molecule has 1 saturated heterocycles. The minimum Gasteiger partial charge on any atom is -0.508 e. The van der Waals surface area contributed by atoms with Crippen molar-refractivity contribution in [3.05, 3.63) is 72.2 Å². The highest BCUT2D eigenvalue weighted by Gasteiger charge is 2.22. The fraction of sp³-hybridized carbons (Fsp3) is 0.346. The minimum atomic E-state index is 0.369. The molecule has 0 spiro atoms. The van der Waals surface area contributed by atoms with Crippen LogP contribution < -0.4 is 4.90 Å². The van der Waals surface area contributed by atoms with Gasteiger partial charge < -0.3 is 10.0 Å². The number of hydrogen-bond acceptors (Lipinski definition) is 6. The minimum absolute atomic E-state index is 0.369. The SMILES string of the molecule is CCCc1nc(N2CCCN(Cc3ccccc3O)CC2)c2cnn(-c3ccccc3)c2n1. The van der Waals surface area contributed by atoms with Crippen LogP contribution in [0.2, 0.25) is 0 Å². The van der Waals surface area contributed by atoms with Gasteiger partial charge in [0.15, 0.2) is 5.65 Å². The van der Waals surface area contributed by atoms with Gasteiger partial charge in [0.25, 0.3) is 0 Å². The van der Waals surface area contributed by atoms with Crippen LogP contribution in [0.4, 0.5) is 5.82 Å². The highest BCUT2D eigenvalue weighted by atomic mass is 16.3. The summed E-state index contributed by atoms with van der Waals surface area (Å²) in [5.74, 6) is 2.22. The van der Waals surface area contributed by atoms with E-state index >= 15 is 0 Å². The molecule has 170 valence electrons. The lowest BCUT2D eigenvalue weighted by molar-refractivity contribution is 0.281. The van der Waals surface area contributed by atoms with E-state index in [9.17, 15) is 5.11 Å². The predicted octanol–water partition coefficient (Wildman–Crippen LogP) is 4.19. The molecule has 33 heavy (non-hydrogen) atoms. The molecule has 4 aromatic rings. The molecule has 3 heterocycles. The third-order valence-corrected chi connectivity index (χ3v) is 6.20. The first kappa shape index (κ1) is 21.4. The summed E-state index contributed by atoms with van der Waals surface area (Å²) < 4.78 is 1.92. The maximum atomic E-state index is 10.2. The van der Waals surface area contributed by atoms with Gasteiger partial charge in [-0.15, -0.1) is 0 Å². The van der Waals surface area contributed by atoms with Crippen LogP contribution in [0.3, 0.4) is 0 Å². The third-order valence-electron chi connectivity index (χ3n) is 6.20. The third kappa shape index (κ3) is 4.54. The molecule has 7 heteroatoms. The number of anilines is 1. The van der Waals surface area contributed by atoms with Crippen LogP contribution >= 0.6 is 0 Å². The van der Waals surface area contributed by atoms with Gasteiger partial charge in [-0.05, 0) is 31.0 Å². The first-order chi connectivity index (χ1) is 16.2. The number of phenolic OH excluding ortho intramolecular Hbond substituents is 1. The molecule has 0 bridgehead atoms. The molecule has 0 atom stereocenters. The Hall–Kier alpha value is -3.45. The first-order valence-corrected chi connectivity index (χ1v) is 11.8. The smallest absolute Gasteiger partial charge is 0.168 e. The van der Waals surface area contributed by atoms with Crippen LogP contribution in [0, 0.1) is 0 Å². The van der Waals surface area contributed by atoms with Crippen molar-refractivity contribution < 1.29 is 5.11 Å². The molecule has 0 amide bonds. The fourth-order valence-corrected chi connectivity index (χ4v) is 4.50. The number of benzene rings is 2. The molecule has 1 N–H and O–H groups in total. The molecule has 1 aliphatic heterocycles. The van der Waals surface area contributed by atoms with Crippen LogP contribution in [0.25, 0.3) is 16.7 Å². The van der Waals surface area contributed by atoms with E-state index in [1.165, 1.54) is 0 Å². The Balaban J connectivity index is 1.44. The fourth-order valence-electron chi connectivity index (χ4n) is 4.50. The maximum absolute atomic E-state index is 10.2. The average molecular weight is 443 g/mol. The van der Waals surface area contributed by atoms with E-state index in [0.29, 0.717) is 5.75 Å². The van der Waals surface area contributed by atoms with Crippen molar-refractivity contribution in [1.29, 1.82) is 0 Å². The number of phenols is 1. The zero-order valence-electron chi connectivity index (χ0n) is 19.1. The maximum Gasteiger partial charge on any atom is 0.168 e. The van der Waals surface area contributed by atoms with E-state index in [4.69, 9.17) is 9.97 Å². The standard InChI is InChI=1S/C26H30N6O/c1-2-9-24-28-25(22-18-27-32(26(22)29-24)21-11-4-3-5-12-21)31-15-8-14-30(16-17-31)19-20-10-6-7-13-23(20)33/h3-7,10-13,18,33H,2,8-9,14-17,19H2,1H3. The number of aromatic hydroxyl groups is 1. The summed E-state index contributed by atoms with van der Waals surface area (Å²) in [4.78, 5) is 14.7. The molecule has 5 rings (SSSR count). The summed E-state index contributed by atoms with van der Waals surface area (Å²) in [6.07, 6.45) is 4.78. The Morgan fingerprint density at radius 3 is 2.55 bits per heavy atom. The lowest BCUT2D eigenvalue weighted by Gasteiger charge is -2.24. The molecule has 0 unspecified atom stereocenters. The monoisotopic (exact) mass is 442 g/mol. The van der Waals surface area contributed by atoms with E-state index in [2.05, 4.69) is 34.0 Å². The number of aryl methyl sites for hydroxylation is 1. The van der Waals surface area contributed by atoms with Gasteiger partial charge in [-0.1, -0.05) is 43.3 Å². The summed E-state index contributed by atoms with van der Waals surface area (Å²) in [5, 5.41) is 15.8. The Morgan fingerprint density at radius 1 is 0.909 bits per heavy atom. The highest BCUT2D eigenvalue weighted by Crippen LogP contribution is 2.27. The number of aromatic nitrogens is 4. The largest absolute Gasteiger partial charge is 0.508 e. The molecule has 2 aromatic heterocycles. The quantitative estimate of drug-likeness (QED) is 0.483. The highest BCUT2D eigenvalue weighted by molar-refractivity contribution is 5.88. The normalized spacial score (nSPS) is 15.1. The molecule has 1 fully saturated rings. The number of para-hydroxylation sites is 2. The van der Waals surface area contributed by atoms with E-state index in [1.54, 1.807) is 6.07 Å². The predicted molar refractivity (Wildman–Crippen MR) is 131 cm³/mol. The van der Waals surface area contributed by atoms with Crippen LogP contribution in [-0.4, -0.2) is 55.9 Å². The number of nitrogens with zero attached hydrogens (tertiary/aromatic N) is 6. The Labute approximate surface area is 194 Å². The summed E-state index contributed by atoms with van der Waals surface area (Å²) in [6, 6.07) is 17.8. The van der Waals surface area contributed by atoms with Crippen molar-refractivity contribution in [1.82, 2.24) is 24.6 Å². The van der Waals surface area contributed by atoms with Gasteiger partial charge in [0.05, 0.1) is 17.3 Å². The van der Waals surface area contributed by atoms with E-state index < -0.39 is 0 Å². The van der Waals surface area contributed by atoms with Crippen molar-refractivity contribution in [2.75, 3.05) is 31.1 Å². The molecule has 0 saturated carbocycles. The Bertz CT molecular complexity index is 1220. The number of rotatable bonds is 6. The second-order valence-corrected chi connectivity index (χ2v) is 8.59. The van der Waals surface area contributed by atoms with Gasteiger partial charge in [0.1, 0.15) is 17.4 Å². The zero-order chi connectivity index (χ0) is 22.6. The molecule has 0 aliphatic carbocycles. The van der Waals surface area contributed by atoms with Crippen molar-refractivity contribution in [2.24, 2.45) is 0 Å². The van der Waals surface area contributed by atoms with Crippen LogP contribution in [0.1, 0.15) is 31.2 Å². The molecule has 0 radical (unpaired) electrons. The van der Waals surface area contributed by atoms with E-state index in [-0.39, 0.29) is 0 Å². The molecule has 2 aromatic carbocycles. The van der Waals surface area contributed by atoms with E-state index in [1.807, 2.05) is 47.3 Å². The second kappa shape index (κ2) is 9.58. The van der Waals surface area contributed by atoms with Gasteiger partial charge in [-0.2, -0.15) is 5.10 Å². The summed E-state index contributed by atoms with van der Waals surface area (Å²) in [5.41, 5.74) is 2.85. The molecular formula is C26H30N6O. The zero-order valence-corrected chi connectivity index (χ0v) is 19.1. The van der Waals surface area contributed by atoms with Crippen LogP contribution in [0.5, 0.6) is 5.75 Å². The van der Waals surface area contributed by atoms with E-state index in [0.717, 1.165) is 85.9 Å². The Morgan fingerprint density at radius 2 is 1.73 bits per heavy atom. The number of fused-ring (bicyclic) bond motifs is 1.